The zero-order valence-electron chi connectivity index (χ0n) is 13.3. The molecule has 0 aliphatic carbocycles. The molecule has 1 heterocycles. The fourth-order valence-corrected chi connectivity index (χ4v) is 2.71. The van der Waals surface area contributed by atoms with Gasteiger partial charge in [0.15, 0.2) is 11.5 Å². The molecule has 1 aliphatic heterocycles. The van der Waals surface area contributed by atoms with Crippen molar-refractivity contribution >= 4 is 11.6 Å². The number of amides is 1. The van der Waals surface area contributed by atoms with Crippen LogP contribution in [0, 0.1) is 0 Å². The minimum atomic E-state index is 0.149. The lowest BCUT2D eigenvalue weighted by atomic mass is 10.1. The zero-order chi connectivity index (χ0) is 16.1. The molecule has 0 spiro atoms. The molecule has 0 N–H and O–H groups in total. The monoisotopic (exact) mass is 311 g/mol. The van der Waals surface area contributed by atoms with Gasteiger partial charge in [-0.05, 0) is 42.7 Å². The van der Waals surface area contributed by atoms with Crippen molar-refractivity contribution in [3.63, 3.8) is 0 Å². The summed E-state index contributed by atoms with van der Waals surface area (Å²) in [5.41, 5.74) is 2.05. The summed E-state index contributed by atoms with van der Waals surface area (Å²) in [6, 6.07) is 15.7. The van der Waals surface area contributed by atoms with E-state index in [1.165, 1.54) is 0 Å². The van der Waals surface area contributed by atoms with Crippen molar-refractivity contribution in [1.29, 1.82) is 0 Å². The zero-order valence-corrected chi connectivity index (χ0v) is 13.3. The van der Waals surface area contributed by atoms with Gasteiger partial charge in [-0.25, -0.2) is 0 Å². The molecule has 3 rings (SSSR count). The maximum Gasteiger partial charge on any atom is 0.231 e. The molecule has 0 radical (unpaired) electrons. The van der Waals surface area contributed by atoms with Crippen LogP contribution in [0.1, 0.15) is 25.3 Å². The van der Waals surface area contributed by atoms with E-state index < -0.39 is 0 Å². The molecule has 4 heteroatoms. The number of anilines is 1. The van der Waals surface area contributed by atoms with Crippen LogP contribution in [-0.2, 0) is 11.2 Å². The minimum Gasteiger partial charge on any atom is -0.454 e. The predicted octanol–water partition coefficient (Wildman–Crippen LogP) is 3.79. The summed E-state index contributed by atoms with van der Waals surface area (Å²) in [6.45, 7) is 3.10. The molecule has 0 atom stereocenters. The van der Waals surface area contributed by atoms with Gasteiger partial charge in [0.05, 0.1) is 0 Å². The van der Waals surface area contributed by atoms with E-state index in [4.69, 9.17) is 9.47 Å². The molecule has 0 saturated carbocycles. The van der Waals surface area contributed by atoms with Gasteiger partial charge in [0.2, 0.25) is 12.7 Å². The first-order chi connectivity index (χ1) is 11.3. The Morgan fingerprint density at radius 1 is 1.09 bits per heavy atom. The molecule has 0 saturated heterocycles. The van der Waals surface area contributed by atoms with E-state index in [9.17, 15) is 4.79 Å². The number of ether oxygens (including phenoxy) is 2. The second-order valence-electron chi connectivity index (χ2n) is 5.57. The van der Waals surface area contributed by atoms with Crippen LogP contribution in [0.5, 0.6) is 11.5 Å². The Morgan fingerprint density at radius 2 is 1.87 bits per heavy atom. The molecular weight excluding hydrogens is 290 g/mol. The van der Waals surface area contributed by atoms with E-state index in [0.717, 1.165) is 35.7 Å². The number of benzene rings is 2. The fourth-order valence-electron chi connectivity index (χ4n) is 2.71. The Morgan fingerprint density at radius 3 is 2.65 bits per heavy atom. The summed E-state index contributed by atoms with van der Waals surface area (Å²) in [4.78, 5) is 14.5. The molecule has 2 aromatic rings. The molecular formula is C19H21NO3. The molecule has 1 amide bonds. The molecule has 23 heavy (non-hydrogen) atoms. The smallest absolute Gasteiger partial charge is 0.231 e. The van der Waals surface area contributed by atoms with Crippen molar-refractivity contribution < 1.29 is 14.3 Å². The van der Waals surface area contributed by atoms with E-state index in [2.05, 4.69) is 6.92 Å². The summed E-state index contributed by atoms with van der Waals surface area (Å²) in [5.74, 6) is 1.69. The number of rotatable bonds is 6. The number of hydrogen-bond donors (Lipinski definition) is 0. The molecule has 120 valence electrons. The first-order valence-electron chi connectivity index (χ1n) is 8.02. The van der Waals surface area contributed by atoms with Crippen LogP contribution in [0.3, 0.4) is 0 Å². The predicted molar refractivity (Wildman–Crippen MR) is 90.0 cm³/mol. The number of aryl methyl sites for hydroxylation is 1. The first-order valence-corrected chi connectivity index (χ1v) is 8.02. The molecule has 2 aromatic carbocycles. The molecule has 0 unspecified atom stereocenters. The molecule has 0 fully saturated rings. The van der Waals surface area contributed by atoms with Crippen molar-refractivity contribution in [2.75, 3.05) is 18.2 Å². The van der Waals surface area contributed by atoms with Crippen LogP contribution in [0.15, 0.2) is 48.5 Å². The lowest BCUT2D eigenvalue weighted by Crippen LogP contribution is -2.31. The topological polar surface area (TPSA) is 38.8 Å². The van der Waals surface area contributed by atoms with Crippen LogP contribution in [0.25, 0.3) is 0 Å². The number of carbonyl (C=O) groups is 1. The highest BCUT2D eigenvalue weighted by Gasteiger charge is 2.16. The molecule has 0 bridgehead atoms. The maximum atomic E-state index is 12.6. The fraction of sp³-hybridized carbons (Fsp3) is 0.316. The summed E-state index contributed by atoms with van der Waals surface area (Å²) in [6.07, 6.45) is 2.11. The van der Waals surface area contributed by atoms with Gasteiger partial charge in [0.1, 0.15) is 0 Å². The van der Waals surface area contributed by atoms with E-state index >= 15 is 0 Å². The first kappa shape index (κ1) is 15.4. The third kappa shape index (κ3) is 3.65. The summed E-state index contributed by atoms with van der Waals surface area (Å²) in [7, 11) is 0. The Labute approximate surface area is 136 Å². The van der Waals surface area contributed by atoms with Gasteiger partial charge in [-0.2, -0.15) is 0 Å². The highest BCUT2D eigenvalue weighted by Crippen LogP contribution is 2.32. The Bertz CT molecular complexity index is 670. The van der Waals surface area contributed by atoms with Gasteiger partial charge in [-0.15, -0.1) is 0 Å². The number of nitrogens with zero attached hydrogens (tertiary/aromatic N) is 1. The van der Waals surface area contributed by atoms with Crippen LogP contribution in [-0.4, -0.2) is 19.2 Å². The van der Waals surface area contributed by atoms with Gasteiger partial charge in [-0.1, -0.05) is 31.2 Å². The maximum absolute atomic E-state index is 12.6. The average molecular weight is 311 g/mol. The van der Waals surface area contributed by atoms with E-state index in [-0.39, 0.29) is 12.7 Å². The van der Waals surface area contributed by atoms with E-state index in [1.54, 1.807) is 0 Å². The summed E-state index contributed by atoms with van der Waals surface area (Å²) >= 11 is 0. The van der Waals surface area contributed by atoms with Crippen LogP contribution in [0.2, 0.25) is 0 Å². The van der Waals surface area contributed by atoms with Gasteiger partial charge < -0.3 is 14.4 Å². The van der Waals surface area contributed by atoms with Gasteiger partial charge in [0.25, 0.3) is 0 Å². The standard InChI is InChI=1S/C19H21NO3/c1-2-12-20(16-6-4-3-5-7-16)19(21)11-9-15-8-10-17-18(13-15)23-14-22-17/h3-8,10,13H,2,9,11-12,14H2,1H3. The van der Waals surface area contributed by atoms with Gasteiger partial charge in [0, 0.05) is 18.7 Å². The lowest BCUT2D eigenvalue weighted by molar-refractivity contribution is -0.118. The van der Waals surface area contributed by atoms with E-state index in [1.807, 2.05) is 53.4 Å². The number of hydrogen-bond acceptors (Lipinski definition) is 3. The normalized spacial score (nSPS) is 12.2. The Balaban J connectivity index is 1.65. The number of carbonyl (C=O) groups excluding carboxylic acids is 1. The lowest BCUT2D eigenvalue weighted by Gasteiger charge is -2.22. The third-order valence-corrected chi connectivity index (χ3v) is 3.88. The molecule has 1 aliphatic rings. The molecule has 4 nitrogen and oxygen atoms in total. The van der Waals surface area contributed by atoms with Gasteiger partial charge >= 0.3 is 0 Å². The summed E-state index contributed by atoms with van der Waals surface area (Å²) < 4.78 is 10.7. The largest absolute Gasteiger partial charge is 0.454 e. The van der Waals surface area contributed by atoms with Crippen LogP contribution < -0.4 is 14.4 Å². The quantitative estimate of drug-likeness (QED) is 0.814. The van der Waals surface area contributed by atoms with Crippen molar-refractivity contribution in [2.24, 2.45) is 0 Å². The number of fused-ring (bicyclic) bond motifs is 1. The van der Waals surface area contributed by atoms with Gasteiger partial charge in [-0.3, -0.25) is 4.79 Å². The average Bonchev–Trinajstić information content (AvgIpc) is 3.06. The minimum absolute atomic E-state index is 0.149. The second-order valence-corrected chi connectivity index (χ2v) is 5.57. The van der Waals surface area contributed by atoms with Crippen molar-refractivity contribution in [3.8, 4) is 11.5 Å². The molecule has 0 aromatic heterocycles. The SMILES string of the molecule is CCCN(C(=O)CCc1ccc2c(c1)OCO2)c1ccccc1. The van der Waals surface area contributed by atoms with Crippen LogP contribution in [0.4, 0.5) is 5.69 Å². The van der Waals surface area contributed by atoms with Crippen LogP contribution >= 0.6 is 0 Å². The second kappa shape index (κ2) is 7.18. The van der Waals surface area contributed by atoms with E-state index in [0.29, 0.717) is 12.8 Å². The van der Waals surface area contributed by atoms with Crippen molar-refractivity contribution in [3.05, 3.63) is 54.1 Å². The highest BCUT2D eigenvalue weighted by atomic mass is 16.7. The third-order valence-electron chi connectivity index (χ3n) is 3.88. The van der Waals surface area contributed by atoms with Crippen molar-refractivity contribution in [1.82, 2.24) is 0 Å². The Hall–Kier alpha value is -2.49. The Kier molecular flexibility index (Phi) is 4.81. The number of para-hydroxylation sites is 1. The van der Waals surface area contributed by atoms with Crippen molar-refractivity contribution in [2.45, 2.75) is 26.2 Å². The highest BCUT2D eigenvalue weighted by molar-refractivity contribution is 5.93. The summed E-state index contributed by atoms with van der Waals surface area (Å²) in [5, 5.41) is 0.